The zero-order chi connectivity index (χ0) is 24.5. The Morgan fingerprint density at radius 1 is 1.06 bits per heavy atom. The third-order valence-corrected chi connectivity index (χ3v) is 6.28. The molecule has 0 N–H and O–H groups in total. The Kier molecular flexibility index (Phi) is 9.35. The van der Waals surface area contributed by atoms with E-state index in [0.29, 0.717) is 0 Å². The zero-order valence-electron chi connectivity index (χ0n) is 19.2. The van der Waals surface area contributed by atoms with Gasteiger partial charge in [-0.1, -0.05) is 64.9 Å². The standard InChI is InChI=1S/C24H27N3O6S/c1-15-9-11-19(12-10-15)34-24-21(26-27-25)23(31-13-18-7-5-4-6-8-18)22(32-17(3)29)20(33-24)14-30-16(2)28/h4-12,20-24H,13-14H2,1-3H3/t20-,21-,22+,23-,24?/m1/s1. The summed E-state index contributed by atoms with van der Waals surface area (Å²) in [5.74, 6) is -1.05. The first-order chi connectivity index (χ1) is 16.4. The molecule has 0 amide bonds. The lowest BCUT2D eigenvalue weighted by Crippen LogP contribution is -2.59. The molecular formula is C24H27N3O6S. The Hall–Kier alpha value is -3.04. The van der Waals surface area contributed by atoms with E-state index in [-0.39, 0.29) is 13.2 Å². The number of nitrogens with zero attached hydrogens (tertiary/aromatic N) is 3. The highest BCUT2D eigenvalue weighted by Crippen LogP contribution is 2.38. The van der Waals surface area contributed by atoms with Crippen LogP contribution in [0.15, 0.2) is 64.6 Å². The summed E-state index contributed by atoms with van der Waals surface area (Å²) in [4.78, 5) is 27.3. The number of rotatable bonds is 9. The SMILES string of the molecule is CC(=O)OC[C@H]1OC(Sc2ccc(C)cc2)[C@H](N=[N+]=[N-])[C@@H](OCc2ccccc2)[C@H]1OC(C)=O. The van der Waals surface area contributed by atoms with E-state index >= 15 is 0 Å². The highest BCUT2D eigenvalue weighted by Gasteiger charge is 2.49. The summed E-state index contributed by atoms with van der Waals surface area (Å²) in [5.41, 5.74) is 10.6. The molecule has 1 heterocycles. The van der Waals surface area contributed by atoms with Crippen LogP contribution in [0, 0.1) is 6.92 Å². The van der Waals surface area contributed by atoms with Crippen molar-refractivity contribution in [1.29, 1.82) is 0 Å². The Bertz CT molecular complexity index is 1010. The minimum atomic E-state index is -0.953. The topological polar surface area (TPSA) is 120 Å². The molecule has 1 fully saturated rings. The molecule has 2 aromatic rings. The molecule has 0 aromatic heterocycles. The second kappa shape index (κ2) is 12.4. The lowest BCUT2D eigenvalue weighted by molar-refractivity contribution is -0.209. The van der Waals surface area contributed by atoms with Gasteiger partial charge in [-0.05, 0) is 30.2 Å². The van der Waals surface area contributed by atoms with Crippen LogP contribution in [-0.2, 0) is 35.1 Å². The second-order valence-electron chi connectivity index (χ2n) is 7.81. The number of benzene rings is 2. The molecule has 180 valence electrons. The maximum absolute atomic E-state index is 11.9. The smallest absolute Gasteiger partial charge is 0.303 e. The number of azide groups is 1. The van der Waals surface area contributed by atoms with Gasteiger partial charge in [0.25, 0.3) is 0 Å². The molecule has 1 saturated heterocycles. The number of aryl methyl sites for hydroxylation is 1. The molecule has 10 heteroatoms. The largest absolute Gasteiger partial charge is 0.463 e. The summed E-state index contributed by atoms with van der Waals surface area (Å²) in [6.07, 6.45) is -2.61. The number of carbonyl (C=O) groups excluding carboxylic acids is 2. The molecule has 0 saturated carbocycles. The third-order valence-electron chi connectivity index (χ3n) is 5.11. The Morgan fingerprint density at radius 2 is 1.76 bits per heavy atom. The number of ether oxygens (including phenoxy) is 4. The van der Waals surface area contributed by atoms with Gasteiger partial charge in [0.05, 0.1) is 6.61 Å². The normalized spacial score (nSPS) is 24.0. The Balaban J connectivity index is 1.94. The quantitative estimate of drug-likeness (QED) is 0.221. The van der Waals surface area contributed by atoms with Crippen LogP contribution in [0.5, 0.6) is 0 Å². The van der Waals surface area contributed by atoms with E-state index < -0.39 is 41.7 Å². The molecule has 5 atom stereocenters. The summed E-state index contributed by atoms with van der Waals surface area (Å²) in [7, 11) is 0. The van der Waals surface area contributed by atoms with Gasteiger partial charge in [-0.15, -0.1) is 0 Å². The van der Waals surface area contributed by atoms with Crippen LogP contribution in [0.2, 0.25) is 0 Å². The number of esters is 2. The minimum absolute atomic E-state index is 0.146. The number of thioether (sulfide) groups is 1. The fourth-order valence-corrected chi connectivity index (χ4v) is 4.66. The average Bonchev–Trinajstić information content (AvgIpc) is 2.81. The van der Waals surface area contributed by atoms with Gasteiger partial charge in [0.15, 0.2) is 6.10 Å². The molecule has 2 aromatic carbocycles. The Morgan fingerprint density at radius 3 is 2.38 bits per heavy atom. The van der Waals surface area contributed by atoms with E-state index in [1.165, 1.54) is 25.6 Å². The highest BCUT2D eigenvalue weighted by atomic mass is 32.2. The van der Waals surface area contributed by atoms with Crippen LogP contribution >= 0.6 is 11.8 Å². The van der Waals surface area contributed by atoms with Gasteiger partial charge in [-0.25, -0.2) is 0 Å². The predicted molar refractivity (Wildman–Crippen MR) is 126 cm³/mol. The van der Waals surface area contributed by atoms with Crippen LogP contribution in [0.4, 0.5) is 0 Å². The van der Waals surface area contributed by atoms with Gasteiger partial charge in [0, 0.05) is 23.7 Å². The maximum atomic E-state index is 11.9. The molecule has 1 aliphatic rings. The first-order valence-corrected chi connectivity index (χ1v) is 11.6. The number of hydrogen-bond acceptors (Lipinski definition) is 8. The minimum Gasteiger partial charge on any atom is -0.463 e. The van der Waals surface area contributed by atoms with E-state index in [1.807, 2.05) is 61.5 Å². The van der Waals surface area contributed by atoms with Gasteiger partial charge in [0.1, 0.15) is 30.3 Å². The molecule has 9 nitrogen and oxygen atoms in total. The summed E-state index contributed by atoms with van der Waals surface area (Å²) >= 11 is 1.36. The summed E-state index contributed by atoms with van der Waals surface area (Å²) < 4.78 is 23.1. The van der Waals surface area contributed by atoms with E-state index in [9.17, 15) is 15.1 Å². The van der Waals surface area contributed by atoms with E-state index in [2.05, 4.69) is 10.0 Å². The molecule has 0 radical (unpaired) electrons. The molecule has 3 rings (SSSR count). The van der Waals surface area contributed by atoms with Crippen LogP contribution in [-0.4, -0.2) is 48.3 Å². The van der Waals surface area contributed by atoms with Crippen molar-refractivity contribution in [2.75, 3.05) is 6.61 Å². The molecular weight excluding hydrogens is 458 g/mol. The second-order valence-corrected chi connectivity index (χ2v) is 8.98. The van der Waals surface area contributed by atoms with E-state index in [0.717, 1.165) is 16.0 Å². The molecule has 1 aliphatic heterocycles. The zero-order valence-corrected chi connectivity index (χ0v) is 20.0. The average molecular weight is 486 g/mol. The number of carbonyl (C=O) groups is 2. The lowest BCUT2D eigenvalue weighted by atomic mass is 9.98. The van der Waals surface area contributed by atoms with Gasteiger partial charge >= 0.3 is 11.9 Å². The first-order valence-electron chi connectivity index (χ1n) is 10.8. The van der Waals surface area contributed by atoms with Gasteiger partial charge in [-0.2, -0.15) is 0 Å². The fraction of sp³-hybridized carbons (Fsp3) is 0.417. The van der Waals surface area contributed by atoms with Crippen LogP contribution < -0.4 is 0 Å². The highest BCUT2D eigenvalue weighted by molar-refractivity contribution is 7.99. The number of hydrogen-bond donors (Lipinski definition) is 0. The summed E-state index contributed by atoms with van der Waals surface area (Å²) in [6, 6.07) is 16.5. The van der Waals surface area contributed by atoms with Crippen LogP contribution in [0.1, 0.15) is 25.0 Å². The fourth-order valence-electron chi connectivity index (χ4n) is 3.55. The van der Waals surface area contributed by atoms with Gasteiger partial charge in [0.2, 0.25) is 0 Å². The van der Waals surface area contributed by atoms with Crippen LogP contribution in [0.25, 0.3) is 10.4 Å². The van der Waals surface area contributed by atoms with E-state index in [1.54, 1.807) is 0 Å². The van der Waals surface area contributed by atoms with Crippen molar-refractivity contribution in [2.45, 2.75) is 62.1 Å². The van der Waals surface area contributed by atoms with Crippen LogP contribution in [0.3, 0.4) is 0 Å². The predicted octanol–water partition coefficient (Wildman–Crippen LogP) is 4.57. The summed E-state index contributed by atoms with van der Waals surface area (Å²) in [5, 5.41) is 3.97. The van der Waals surface area contributed by atoms with Gasteiger partial charge < -0.3 is 18.9 Å². The van der Waals surface area contributed by atoms with Crippen molar-refractivity contribution in [3.8, 4) is 0 Å². The van der Waals surface area contributed by atoms with Crippen molar-refractivity contribution in [3.05, 3.63) is 76.2 Å². The Labute approximate surface area is 202 Å². The van der Waals surface area contributed by atoms with Crippen molar-refractivity contribution >= 4 is 23.7 Å². The van der Waals surface area contributed by atoms with Crippen molar-refractivity contribution in [3.63, 3.8) is 0 Å². The molecule has 34 heavy (non-hydrogen) atoms. The third kappa shape index (κ3) is 7.23. The van der Waals surface area contributed by atoms with Gasteiger partial charge in [-0.3, -0.25) is 9.59 Å². The van der Waals surface area contributed by atoms with Crippen molar-refractivity contribution in [1.82, 2.24) is 0 Å². The molecule has 1 unspecified atom stereocenters. The molecule has 0 aliphatic carbocycles. The lowest BCUT2D eigenvalue weighted by Gasteiger charge is -2.44. The summed E-state index contributed by atoms with van der Waals surface area (Å²) in [6.45, 7) is 4.59. The molecule has 0 bridgehead atoms. The first kappa shape index (κ1) is 25.6. The van der Waals surface area contributed by atoms with Crippen molar-refractivity contribution < 1.29 is 28.5 Å². The molecule has 0 spiro atoms. The van der Waals surface area contributed by atoms with Crippen molar-refractivity contribution in [2.24, 2.45) is 5.11 Å². The monoisotopic (exact) mass is 485 g/mol. The van der Waals surface area contributed by atoms with E-state index in [4.69, 9.17) is 18.9 Å². The maximum Gasteiger partial charge on any atom is 0.303 e.